The van der Waals surface area contributed by atoms with Crippen molar-refractivity contribution >= 4 is 12.0 Å². The number of carbonyl (C=O) groups is 1. The van der Waals surface area contributed by atoms with Gasteiger partial charge in [0.15, 0.2) is 0 Å². The molecule has 142 valence electrons. The number of urea groups is 1. The molecule has 4 rings (SSSR count). The number of hydrogen-bond donors (Lipinski definition) is 1. The van der Waals surface area contributed by atoms with Crippen LogP contribution in [-0.4, -0.2) is 47.1 Å². The van der Waals surface area contributed by atoms with Crippen molar-refractivity contribution in [3.05, 3.63) is 53.9 Å². The van der Waals surface area contributed by atoms with Gasteiger partial charge < -0.3 is 15.1 Å². The molecule has 2 aliphatic rings. The molecule has 1 N–H and O–H groups in total. The number of hydrogen-bond acceptors (Lipinski definition) is 4. The second-order valence-electron chi connectivity index (χ2n) is 8.03. The normalized spacial score (nSPS) is 21.5. The molecule has 1 aliphatic heterocycles. The van der Waals surface area contributed by atoms with Gasteiger partial charge in [-0.25, -0.2) is 14.8 Å². The average Bonchev–Trinajstić information content (AvgIpc) is 2.71. The highest BCUT2D eigenvalue weighted by Crippen LogP contribution is 2.41. The second kappa shape index (κ2) is 7.18. The molecule has 1 saturated heterocycles. The Morgan fingerprint density at radius 3 is 2.52 bits per heavy atom. The second-order valence-corrected chi connectivity index (χ2v) is 8.03. The van der Waals surface area contributed by atoms with Crippen LogP contribution in [0.3, 0.4) is 0 Å². The summed E-state index contributed by atoms with van der Waals surface area (Å²) in [5, 5.41) is 3.27. The Balaban J connectivity index is 1.39. The van der Waals surface area contributed by atoms with Crippen molar-refractivity contribution in [2.75, 3.05) is 31.1 Å². The lowest BCUT2D eigenvalue weighted by molar-refractivity contribution is 0.187. The molecule has 1 aliphatic carbocycles. The van der Waals surface area contributed by atoms with E-state index in [9.17, 15) is 4.79 Å². The summed E-state index contributed by atoms with van der Waals surface area (Å²) in [5.74, 6) is 0.737. The first kappa shape index (κ1) is 17.8. The van der Waals surface area contributed by atoms with Crippen molar-refractivity contribution in [3.8, 4) is 0 Å². The minimum atomic E-state index is 0.0307. The van der Waals surface area contributed by atoms with Crippen molar-refractivity contribution in [1.82, 2.24) is 20.2 Å². The van der Waals surface area contributed by atoms with Crippen LogP contribution in [0.25, 0.3) is 0 Å². The van der Waals surface area contributed by atoms with E-state index in [1.165, 1.54) is 11.1 Å². The molecule has 2 aromatic rings. The Kier molecular flexibility index (Phi) is 4.72. The molecule has 0 radical (unpaired) electrons. The van der Waals surface area contributed by atoms with Gasteiger partial charge in [0.2, 0.25) is 5.95 Å². The topological polar surface area (TPSA) is 61.4 Å². The smallest absolute Gasteiger partial charge is 0.318 e. The summed E-state index contributed by atoms with van der Waals surface area (Å²) in [6.07, 6.45) is 5.56. The van der Waals surface area contributed by atoms with Crippen molar-refractivity contribution in [2.45, 2.75) is 38.1 Å². The van der Waals surface area contributed by atoms with Crippen LogP contribution in [0, 0.1) is 0 Å². The first-order valence-corrected chi connectivity index (χ1v) is 9.71. The highest BCUT2D eigenvalue weighted by molar-refractivity contribution is 5.75. The highest BCUT2D eigenvalue weighted by atomic mass is 16.2. The van der Waals surface area contributed by atoms with E-state index in [-0.39, 0.29) is 17.5 Å². The van der Waals surface area contributed by atoms with E-state index in [0.717, 1.165) is 31.9 Å². The molecule has 1 unspecified atom stereocenters. The van der Waals surface area contributed by atoms with Gasteiger partial charge in [0.1, 0.15) is 0 Å². The van der Waals surface area contributed by atoms with Gasteiger partial charge in [-0.2, -0.15) is 0 Å². The Hall–Kier alpha value is -2.63. The largest absolute Gasteiger partial charge is 0.337 e. The van der Waals surface area contributed by atoms with Crippen LogP contribution in [0.15, 0.2) is 42.7 Å². The van der Waals surface area contributed by atoms with Gasteiger partial charge in [0.25, 0.3) is 0 Å². The van der Waals surface area contributed by atoms with E-state index in [1.54, 1.807) is 12.4 Å². The summed E-state index contributed by atoms with van der Waals surface area (Å²) in [6.45, 7) is 7.45. The number of aromatic nitrogens is 2. The molecule has 6 heteroatoms. The first-order valence-electron chi connectivity index (χ1n) is 9.71. The molecule has 27 heavy (non-hydrogen) atoms. The quantitative estimate of drug-likeness (QED) is 0.888. The van der Waals surface area contributed by atoms with Crippen molar-refractivity contribution in [3.63, 3.8) is 0 Å². The van der Waals surface area contributed by atoms with Gasteiger partial charge in [0, 0.05) is 38.6 Å². The molecule has 2 amide bonds. The number of benzene rings is 1. The fourth-order valence-corrected chi connectivity index (χ4v) is 4.17. The van der Waals surface area contributed by atoms with Crippen molar-refractivity contribution in [1.29, 1.82) is 0 Å². The number of anilines is 1. The molecule has 2 heterocycles. The summed E-state index contributed by atoms with van der Waals surface area (Å²) < 4.78 is 0. The van der Waals surface area contributed by atoms with E-state index < -0.39 is 0 Å². The predicted octanol–water partition coefficient (Wildman–Crippen LogP) is 3.12. The molecule has 1 atom stereocenters. The monoisotopic (exact) mass is 365 g/mol. The summed E-state index contributed by atoms with van der Waals surface area (Å²) in [4.78, 5) is 25.5. The van der Waals surface area contributed by atoms with Gasteiger partial charge in [-0.1, -0.05) is 38.1 Å². The number of piperazine rings is 1. The minimum absolute atomic E-state index is 0.0307. The van der Waals surface area contributed by atoms with Crippen LogP contribution in [0.1, 0.15) is 43.9 Å². The lowest BCUT2D eigenvalue weighted by atomic mass is 9.71. The molecule has 0 bridgehead atoms. The summed E-state index contributed by atoms with van der Waals surface area (Å²) in [5.41, 5.74) is 2.78. The lowest BCUT2D eigenvalue weighted by Crippen LogP contribution is -2.53. The summed E-state index contributed by atoms with van der Waals surface area (Å²) >= 11 is 0. The van der Waals surface area contributed by atoms with E-state index in [1.807, 2.05) is 11.0 Å². The Bertz CT molecular complexity index is 799. The maximum absolute atomic E-state index is 12.8. The Morgan fingerprint density at radius 1 is 1.07 bits per heavy atom. The van der Waals surface area contributed by atoms with E-state index in [0.29, 0.717) is 13.1 Å². The molecular weight excluding hydrogens is 338 g/mol. The molecular formula is C21H27N5O. The van der Waals surface area contributed by atoms with Crippen LogP contribution in [0.2, 0.25) is 0 Å². The molecule has 1 aromatic carbocycles. The standard InChI is InChI=1S/C21H27N5O/c1-21(2)9-8-18(16-6-3-4-7-17(16)21)24-20(27)26-14-12-25(13-15-26)19-22-10-5-11-23-19/h3-7,10-11,18H,8-9,12-15H2,1-2H3,(H,24,27). The van der Waals surface area contributed by atoms with E-state index in [4.69, 9.17) is 0 Å². The van der Waals surface area contributed by atoms with E-state index in [2.05, 4.69) is 58.3 Å². The maximum Gasteiger partial charge on any atom is 0.318 e. The number of rotatable bonds is 2. The zero-order valence-electron chi connectivity index (χ0n) is 16.1. The zero-order chi connectivity index (χ0) is 18.9. The number of fused-ring (bicyclic) bond motifs is 1. The molecule has 6 nitrogen and oxygen atoms in total. The van der Waals surface area contributed by atoms with Crippen molar-refractivity contribution in [2.24, 2.45) is 0 Å². The summed E-state index contributed by atoms with van der Waals surface area (Å²) in [7, 11) is 0. The van der Waals surface area contributed by atoms with Crippen LogP contribution in [0.4, 0.5) is 10.7 Å². The third-order valence-electron chi connectivity index (χ3n) is 5.82. The lowest BCUT2D eigenvalue weighted by Gasteiger charge is -2.39. The zero-order valence-corrected chi connectivity index (χ0v) is 16.1. The molecule has 0 spiro atoms. The van der Waals surface area contributed by atoms with Crippen LogP contribution < -0.4 is 10.2 Å². The fraction of sp³-hybridized carbons (Fsp3) is 0.476. The maximum atomic E-state index is 12.8. The number of carbonyl (C=O) groups excluding carboxylic acids is 1. The third-order valence-corrected chi connectivity index (χ3v) is 5.82. The average molecular weight is 365 g/mol. The molecule has 0 saturated carbocycles. The highest BCUT2D eigenvalue weighted by Gasteiger charge is 2.34. The third kappa shape index (κ3) is 3.61. The number of amides is 2. The van der Waals surface area contributed by atoms with Gasteiger partial charge in [0.05, 0.1) is 6.04 Å². The van der Waals surface area contributed by atoms with Gasteiger partial charge in [-0.3, -0.25) is 0 Å². The molecule has 1 aromatic heterocycles. The fourth-order valence-electron chi connectivity index (χ4n) is 4.17. The minimum Gasteiger partial charge on any atom is -0.337 e. The Labute approximate surface area is 160 Å². The van der Waals surface area contributed by atoms with Crippen LogP contribution in [0.5, 0.6) is 0 Å². The van der Waals surface area contributed by atoms with Crippen molar-refractivity contribution < 1.29 is 4.79 Å². The van der Waals surface area contributed by atoms with Crippen LogP contribution in [-0.2, 0) is 5.41 Å². The van der Waals surface area contributed by atoms with Gasteiger partial charge in [-0.05, 0) is 35.4 Å². The first-order chi connectivity index (χ1) is 13.0. The predicted molar refractivity (Wildman–Crippen MR) is 106 cm³/mol. The van der Waals surface area contributed by atoms with E-state index >= 15 is 0 Å². The van der Waals surface area contributed by atoms with Crippen LogP contribution >= 0.6 is 0 Å². The number of nitrogens with zero attached hydrogens (tertiary/aromatic N) is 4. The Morgan fingerprint density at radius 2 is 1.78 bits per heavy atom. The van der Waals surface area contributed by atoms with Gasteiger partial charge in [-0.15, -0.1) is 0 Å². The molecule has 1 fully saturated rings. The SMILES string of the molecule is CC1(C)CCC(NC(=O)N2CCN(c3ncccn3)CC2)c2ccccc21. The van der Waals surface area contributed by atoms with Gasteiger partial charge >= 0.3 is 6.03 Å². The number of nitrogens with one attached hydrogen (secondary N) is 1. The summed E-state index contributed by atoms with van der Waals surface area (Å²) in [6, 6.07) is 10.5.